The highest BCUT2D eigenvalue weighted by molar-refractivity contribution is 5.95. The number of halogens is 2. The van der Waals surface area contributed by atoms with Gasteiger partial charge in [0, 0.05) is 12.5 Å². The van der Waals surface area contributed by atoms with E-state index in [9.17, 15) is 13.6 Å². The fourth-order valence-corrected chi connectivity index (χ4v) is 1.85. The average Bonchev–Trinajstić information content (AvgIpc) is 2.81. The minimum atomic E-state index is -0.741. The van der Waals surface area contributed by atoms with Gasteiger partial charge in [-0.2, -0.15) is 0 Å². The number of benzene rings is 1. The van der Waals surface area contributed by atoms with Crippen molar-refractivity contribution in [3.8, 4) is 5.69 Å². The van der Waals surface area contributed by atoms with Gasteiger partial charge in [0.25, 0.3) is 0 Å². The van der Waals surface area contributed by atoms with Gasteiger partial charge in [0.1, 0.15) is 11.5 Å². The first kappa shape index (κ1) is 13.3. The first-order valence-corrected chi connectivity index (χ1v) is 6.01. The van der Waals surface area contributed by atoms with Gasteiger partial charge in [-0.25, -0.2) is 13.5 Å². The van der Waals surface area contributed by atoms with Crippen molar-refractivity contribution in [2.24, 2.45) is 0 Å². The Morgan fingerprint density at radius 3 is 2.63 bits per heavy atom. The van der Waals surface area contributed by atoms with Crippen LogP contribution in [0.2, 0.25) is 0 Å². The third kappa shape index (κ3) is 2.38. The zero-order chi connectivity index (χ0) is 14.0. The number of carbonyl (C=O) groups is 1. The molecule has 1 heterocycles. The molecule has 2 rings (SSSR count). The van der Waals surface area contributed by atoms with E-state index in [0.29, 0.717) is 18.5 Å². The number of ketones is 1. The number of nitrogens with zero attached hydrogens (tertiary/aromatic N) is 3. The number of carbonyl (C=O) groups excluding carboxylic acids is 1. The second kappa shape index (κ2) is 5.26. The van der Waals surface area contributed by atoms with Crippen molar-refractivity contribution in [1.29, 1.82) is 0 Å². The van der Waals surface area contributed by atoms with Crippen LogP contribution in [0.5, 0.6) is 0 Å². The highest BCUT2D eigenvalue weighted by atomic mass is 19.1. The van der Waals surface area contributed by atoms with Gasteiger partial charge in [-0.3, -0.25) is 4.79 Å². The van der Waals surface area contributed by atoms with Crippen LogP contribution in [0, 0.1) is 11.6 Å². The molecule has 0 amide bonds. The summed E-state index contributed by atoms with van der Waals surface area (Å²) in [6, 6.07) is 3.19. The maximum Gasteiger partial charge on any atom is 0.184 e. The van der Waals surface area contributed by atoms with Crippen LogP contribution in [0.1, 0.15) is 36.5 Å². The second-order valence-corrected chi connectivity index (χ2v) is 4.02. The maximum atomic E-state index is 13.7. The van der Waals surface area contributed by atoms with E-state index in [1.807, 2.05) is 6.92 Å². The van der Waals surface area contributed by atoms with Crippen LogP contribution in [-0.2, 0) is 6.42 Å². The van der Waals surface area contributed by atoms with Crippen LogP contribution in [-0.4, -0.2) is 20.8 Å². The summed E-state index contributed by atoms with van der Waals surface area (Å²) in [6.45, 7) is 3.54. The van der Waals surface area contributed by atoms with Crippen molar-refractivity contribution >= 4 is 5.78 Å². The quantitative estimate of drug-likeness (QED) is 0.798. The molecule has 0 fully saturated rings. The van der Waals surface area contributed by atoms with Gasteiger partial charge in [0.15, 0.2) is 17.3 Å². The Morgan fingerprint density at radius 1 is 1.32 bits per heavy atom. The Labute approximate surface area is 109 Å². The molecule has 0 saturated carbocycles. The average molecular weight is 265 g/mol. The Bertz CT molecular complexity index is 622. The molecule has 19 heavy (non-hydrogen) atoms. The van der Waals surface area contributed by atoms with Gasteiger partial charge >= 0.3 is 0 Å². The lowest BCUT2D eigenvalue weighted by Crippen LogP contribution is -2.07. The summed E-state index contributed by atoms with van der Waals surface area (Å²) in [6.07, 6.45) is 0.780. The molecule has 0 radical (unpaired) electrons. The molecular formula is C13H13F2N3O. The molecule has 0 N–H and O–H groups in total. The summed E-state index contributed by atoms with van der Waals surface area (Å²) in [5.41, 5.74) is 0.854. The zero-order valence-corrected chi connectivity index (χ0v) is 10.7. The molecule has 1 aromatic heterocycles. The Balaban J connectivity index is 2.57. The summed E-state index contributed by atoms with van der Waals surface area (Å²) in [4.78, 5) is 11.7. The van der Waals surface area contributed by atoms with Crippen LogP contribution in [0.25, 0.3) is 5.69 Å². The van der Waals surface area contributed by atoms with E-state index < -0.39 is 11.6 Å². The molecule has 0 bridgehead atoms. The minimum absolute atomic E-state index is 0.0842. The molecule has 100 valence electrons. The number of aromatic nitrogens is 3. The lowest BCUT2D eigenvalue weighted by atomic mass is 10.1. The van der Waals surface area contributed by atoms with Gasteiger partial charge in [0.2, 0.25) is 0 Å². The molecule has 2 aromatic rings. The van der Waals surface area contributed by atoms with Crippen LogP contribution < -0.4 is 0 Å². The standard InChI is InChI=1S/C13H13F2N3O/c1-3-10-13(12(19)4-2)16-17-18(10)11-6-5-8(14)7-9(11)15/h5-7H,3-4H2,1-2H3. The van der Waals surface area contributed by atoms with Crippen molar-refractivity contribution in [2.45, 2.75) is 26.7 Å². The van der Waals surface area contributed by atoms with Crippen molar-refractivity contribution in [2.75, 3.05) is 0 Å². The largest absolute Gasteiger partial charge is 0.292 e. The normalized spacial score (nSPS) is 10.7. The summed E-state index contributed by atoms with van der Waals surface area (Å²) in [5.74, 6) is -1.55. The molecule has 0 atom stereocenters. The summed E-state index contributed by atoms with van der Waals surface area (Å²) in [7, 11) is 0. The predicted octanol–water partition coefficient (Wildman–Crippen LogP) is 2.70. The fourth-order valence-electron chi connectivity index (χ4n) is 1.85. The monoisotopic (exact) mass is 265 g/mol. The fraction of sp³-hybridized carbons (Fsp3) is 0.308. The number of rotatable bonds is 4. The van der Waals surface area contributed by atoms with Crippen LogP contribution in [0.15, 0.2) is 18.2 Å². The van der Waals surface area contributed by atoms with E-state index >= 15 is 0 Å². The van der Waals surface area contributed by atoms with Gasteiger partial charge in [-0.15, -0.1) is 5.10 Å². The highest BCUT2D eigenvalue weighted by Gasteiger charge is 2.19. The van der Waals surface area contributed by atoms with Crippen molar-refractivity contribution < 1.29 is 13.6 Å². The molecule has 6 heteroatoms. The van der Waals surface area contributed by atoms with Gasteiger partial charge in [-0.05, 0) is 18.6 Å². The third-order valence-corrected chi connectivity index (χ3v) is 2.82. The molecule has 0 saturated heterocycles. The number of Topliss-reactive ketones (excluding diaryl/α,β-unsaturated/α-hetero) is 1. The van der Waals surface area contributed by atoms with E-state index in [4.69, 9.17) is 0 Å². The maximum absolute atomic E-state index is 13.7. The van der Waals surface area contributed by atoms with E-state index in [0.717, 1.165) is 12.1 Å². The summed E-state index contributed by atoms with van der Waals surface area (Å²) < 4.78 is 27.9. The first-order chi connectivity index (χ1) is 9.08. The predicted molar refractivity (Wildman–Crippen MR) is 65.3 cm³/mol. The molecule has 0 unspecified atom stereocenters. The van der Waals surface area contributed by atoms with E-state index in [1.165, 1.54) is 10.7 Å². The molecule has 4 nitrogen and oxygen atoms in total. The van der Waals surface area contributed by atoms with Crippen LogP contribution in [0.4, 0.5) is 8.78 Å². The molecule has 0 spiro atoms. The number of hydrogen-bond donors (Lipinski definition) is 0. The Kier molecular flexibility index (Phi) is 3.69. The van der Waals surface area contributed by atoms with E-state index in [1.54, 1.807) is 6.92 Å². The molecule has 0 aliphatic heterocycles. The second-order valence-electron chi connectivity index (χ2n) is 4.02. The lowest BCUT2D eigenvalue weighted by Gasteiger charge is -2.06. The van der Waals surface area contributed by atoms with Gasteiger partial charge in [0.05, 0.1) is 5.69 Å². The zero-order valence-electron chi connectivity index (χ0n) is 10.7. The van der Waals surface area contributed by atoms with Gasteiger partial charge < -0.3 is 0 Å². The summed E-state index contributed by atoms with van der Waals surface area (Å²) in [5, 5.41) is 7.60. The van der Waals surface area contributed by atoms with Crippen molar-refractivity contribution in [3.05, 3.63) is 41.2 Å². The third-order valence-electron chi connectivity index (χ3n) is 2.82. The first-order valence-electron chi connectivity index (χ1n) is 6.01. The molecular weight excluding hydrogens is 252 g/mol. The van der Waals surface area contributed by atoms with Crippen molar-refractivity contribution in [1.82, 2.24) is 15.0 Å². The van der Waals surface area contributed by atoms with E-state index in [-0.39, 0.29) is 17.2 Å². The SMILES string of the molecule is CCC(=O)c1nnn(-c2ccc(F)cc2F)c1CC. The summed E-state index contributed by atoms with van der Waals surface area (Å²) >= 11 is 0. The lowest BCUT2D eigenvalue weighted by molar-refractivity contribution is 0.0982. The molecule has 0 aliphatic carbocycles. The number of hydrogen-bond acceptors (Lipinski definition) is 3. The van der Waals surface area contributed by atoms with Crippen LogP contribution >= 0.6 is 0 Å². The Morgan fingerprint density at radius 2 is 2.05 bits per heavy atom. The molecule has 1 aromatic carbocycles. The highest BCUT2D eigenvalue weighted by Crippen LogP contribution is 2.18. The minimum Gasteiger partial charge on any atom is -0.292 e. The van der Waals surface area contributed by atoms with E-state index in [2.05, 4.69) is 10.3 Å². The van der Waals surface area contributed by atoms with Crippen LogP contribution in [0.3, 0.4) is 0 Å². The molecule has 0 aliphatic rings. The smallest absolute Gasteiger partial charge is 0.184 e. The topological polar surface area (TPSA) is 47.8 Å². The van der Waals surface area contributed by atoms with Gasteiger partial charge in [-0.1, -0.05) is 19.1 Å². The van der Waals surface area contributed by atoms with Crippen molar-refractivity contribution in [3.63, 3.8) is 0 Å². The Hall–Kier alpha value is -2.11.